The molecule has 0 unspecified atom stereocenters. The lowest BCUT2D eigenvalue weighted by atomic mass is 10.3. The maximum atomic E-state index is 12.5. The number of nitrogens with one attached hydrogen (secondary N) is 1. The molecule has 3 heterocycles. The van der Waals surface area contributed by atoms with Crippen LogP contribution in [0.4, 0.5) is 17.3 Å². The Balaban J connectivity index is 1.25. The number of hydrogen-bond acceptors (Lipinski definition) is 8. The van der Waals surface area contributed by atoms with Gasteiger partial charge in [0.25, 0.3) is 5.91 Å². The van der Waals surface area contributed by atoms with E-state index in [4.69, 9.17) is 9.47 Å². The highest BCUT2D eigenvalue weighted by atomic mass is 16.5. The molecule has 0 spiro atoms. The molecule has 0 radical (unpaired) electrons. The van der Waals surface area contributed by atoms with Crippen molar-refractivity contribution < 1.29 is 14.3 Å². The minimum absolute atomic E-state index is 0.00167. The van der Waals surface area contributed by atoms with E-state index in [0.29, 0.717) is 43.5 Å². The van der Waals surface area contributed by atoms with E-state index in [1.54, 1.807) is 31.6 Å². The fourth-order valence-corrected chi connectivity index (χ4v) is 3.26. The van der Waals surface area contributed by atoms with Crippen LogP contribution >= 0.6 is 0 Å². The van der Waals surface area contributed by atoms with Crippen LogP contribution < -0.4 is 19.7 Å². The van der Waals surface area contributed by atoms with Gasteiger partial charge in [0, 0.05) is 38.4 Å². The molecule has 1 aliphatic heterocycles. The third-order valence-electron chi connectivity index (χ3n) is 4.94. The van der Waals surface area contributed by atoms with E-state index in [2.05, 4.69) is 25.4 Å². The average molecular weight is 420 g/mol. The molecule has 1 aromatic carbocycles. The number of pyridine rings is 1. The summed E-state index contributed by atoms with van der Waals surface area (Å²) in [7, 11) is 1.60. The number of carbonyl (C=O) groups excluding carboxylic acids is 1. The Hall–Kier alpha value is -3.88. The molecule has 160 valence electrons. The van der Waals surface area contributed by atoms with Crippen molar-refractivity contribution in [3.8, 4) is 11.5 Å². The summed E-state index contributed by atoms with van der Waals surface area (Å²) in [5.74, 6) is 2.71. The maximum absolute atomic E-state index is 12.5. The van der Waals surface area contributed by atoms with Gasteiger partial charge in [-0.2, -0.15) is 0 Å². The van der Waals surface area contributed by atoms with Gasteiger partial charge in [-0.25, -0.2) is 0 Å². The van der Waals surface area contributed by atoms with Gasteiger partial charge in [0.15, 0.2) is 18.2 Å². The Labute approximate surface area is 180 Å². The Kier molecular flexibility index (Phi) is 6.41. The van der Waals surface area contributed by atoms with Crippen LogP contribution in [0.2, 0.25) is 0 Å². The lowest BCUT2D eigenvalue weighted by molar-refractivity contribution is -0.133. The molecule has 1 aliphatic rings. The van der Waals surface area contributed by atoms with Crippen molar-refractivity contribution >= 4 is 23.2 Å². The maximum Gasteiger partial charge on any atom is 0.260 e. The number of aromatic nitrogens is 3. The topological polar surface area (TPSA) is 92.7 Å². The number of amides is 1. The van der Waals surface area contributed by atoms with E-state index >= 15 is 0 Å². The lowest BCUT2D eigenvalue weighted by Crippen LogP contribution is -2.50. The first-order valence-corrected chi connectivity index (χ1v) is 10.0. The van der Waals surface area contributed by atoms with Crippen LogP contribution in [0.1, 0.15) is 0 Å². The molecule has 0 aliphatic carbocycles. The Morgan fingerprint density at radius 2 is 1.87 bits per heavy atom. The Morgan fingerprint density at radius 3 is 2.58 bits per heavy atom. The smallest absolute Gasteiger partial charge is 0.260 e. The molecule has 31 heavy (non-hydrogen) atoms. The third-order valence-corrected chi connectivity index (χ3v) is 4.94. The first-order chi connectivity index (χ1) is 15.2. The molecule has 9 heteroatoms. The predicted octanol–water partition coefficient (Wildman–Crippen LogP) is 2.35. The standard InChI is InChI=1S/C22H24N6O3/c1-30-18-5-2-6-19(14-18)31-16-22(29)28-12-10-27(11-13-28)21-8-7-20(25-26-21)24-17-4-3-9-23-15-17/h2-9,14-15H,10-13,16H2,1H3,(H,24,25). The average Bonchev–Trinajstić information content (AvgIpc) is 2.84. The number of carbonyl (C=O) groups is 1. The van der Waals surface area contributed by atoms with Crippen LogP contribution in [0.3, 0.4) is 0 Å². The fourth-order valence-electron chi connectivity index (χ4n) is 3.26. The normalized spacial score (nSPS) is 13.6. The predicted molar refractivity (Wildman–Crippen MR) is 117 cm³/mol. The van der Waals surface area contributed by atoms with Crippen molar-refractivity contribution in [1.82, 2.24) is 20.1 Å². The molecule has 4 rings (SSSR count). The minimum atomic E-state index is -0.0374. The summed E-state index contributed by atoms with van der Waals surface area (Å²) >= 11 is 0. The summed E-state index contributed by atoms with van der Waals surface area (Å²) < 4.78 is 10.8. The molecular weight excluding hydrogens is 396 g/mol. The quantitative estimate of drug-likeness (QED) is 0.623. The second-order valence-electron chi connectivity index (χ2n) is 6.98. The summed E-state index contributed by atoms with van der Waals surface area (Å²) in [6, 6.07) is 14.8. The fraction of sp³-hybridized carbons (Fsp3) is 0.273. The van der Waals surface area contributed by atoms with Gasteiger partial charge in [-0.1, -0.05) is 6.07 Å². The van der Waals surface area contributed by atoms with Crippen molar-refractivity contribution in [2.75, 3.05) is 50.1 Å². The van der Waals surface area contributed by atoms with Gasteiger partial charge in [0.1, 0.15) is 11.5 Å². The zero-order valence-electron chi connectivity index (χ0n) is 17.3. The first kappa shape index (κ1) is 20.4. The second kappa shape index (κ2) is 9.75. The zero-order valence-corrected chi connectivity index (χ0v) is 17.3. The van der Waals surface area contributed by atoms with Gasteiger partial charge in [-0.3, -0.25) is 9.78 Å². The summed E-state index contributed by atoms with van der Waals surface area (Å²) in [4.78, 5) is 20.5. The van der Waals surface area contributed by atoms with Crippen molar-refractivity contribution in [1.29, 1.82) is 0 Å². The van der Waals surface area contributed by atoms with E-state index in [9.17, 15) is 4.79 Å². The number of benzene rings is 1. The van der Waals surface area contributed by atoms with E-state index in [1.165, 1.54) is 0 Å². The molecule has 0 atom stereocenters. The molecule has 3 aromatic rings. The van der Waals surface area contributed by atoms with Gasteiger partial charge in [-0.15, -0.1) is 10.2 Å². The third kappa shape index (κ3) is 5.39. The molecule has 1 amide bonds. The molecule has 0 saturated carbocycles. The second-order valence-corrected chi connectivity index (χ2v) is 6.98. The molecule has 0 bridgehead atoms. The lowest BCUT2D eigenvalue weighted by Gasteiger charge is -2.35. The highest BCUT2D eigenvalue weighted by molar-refractivity contribution is 5.78. The van der Waals surface area contributed by atoms with Crippen molar-refractivity contribution in [2.45, 2.75) is 0 Å². The Morgan fingerprint density at radius 1 is 1.03 bits per heavy atom. The molecule has 1 fully saturated rings. The molecular formula is C22H24N6O3. The number of piperazine rings is 1. The van der Waals surface area contributed by atoms with Gasteiger partial charge in [-0.05, 0) is 36.4 Å². The van der Waals surface area contributed by atoms with Gasteiger partial charge in [0.05, 0.1) is 19.0 Å². The van der Waals surface area contributed by atoms with Crippen molar-refractivity contribution in [3.05, 3.63) is 60.9 Å². The van der Waals surface area contributed by atoms with Crippen LogP contribution in [0.25, 0.3) is 0 Å². The van der Waals surface area contributed by atoms with Crippen molar-refractivity contribution in [3.63, 3.8) is 0 Å². The number of ether oxygens (including phenoxy) is 2. The number of nitrogens with zero attached hydrogens (tertiary/aromatic N) is 5. The van der Waals surface area contributed by atoms with Crippen LogP contribution in [0.15, 0.2) is 60.9 Å². The van der Waals surface area contributed by atoms with Crippen LogP contribution in [0.5, 0.6) is 11.5 Å². The largest absolute Gasteiger partial charge is 0.497 e. The number of methoxy groups -OCH3 is 1. The van der Waals surface area contributed by atoms with E-state index < -0.39 is 0 Å². The Bertz CT molecular complexity index is 992. The van der Waals surface area contributed by atoms with Gasteiger partial charge >= 0.3 is 0 Å². The van der Waals surface area contributed by atoms with Crippen LogP contribution in [-0.4, -0.2) is 65.9 Å². The first-order valence-electron chi connectivity index (χ1n) is 10.0. The monoisotopic (exact) mass is 420 g/mol. The molecule has 2 aromatic heterocycles. The van der Waals surface area contributed by atoms with E-state index in [0.717, 1.165) is 11.5 Å². The molecule has 9 nitrogen and oxygen atoms in total. The number of rotatable bonds is 7. The zero-order chi connectivity index (χ0) is 21.5. The SMILES string of the molecule is COc1cccc(OCC(=O)N2CCN(c3ccc(Nc4cccnc4)nn3)CC2)c1. The highest BCUT2D eigenvalue weighted by Gasteiger charge is 2.22. The minimum Gasteiger partial charge on any atom is -0.497 e. The molecule has 1 saturated heterocycles. The van der Waals surface area contributed by atoms with E-state index in [-0.39, 0.29) is 12.5 Å². The number of hydrogen-bond donors (Lipinski definition) is 1. The van der Waals surface area contributed by atoms with Crippen LogP contribution in [-0.2, 0) is 4.79 Å². The summed E-state index contributed by atoms with van der Waals surface area (Å²) in [6.45, 7) is 2.60. The van der Waals surface area contributed by atoms with E-state index in [1.807, 2.05) is 41.3 Å². The summed E-state index contributed by atoms with van der Waals surface area (Å²) in [5, 5.41) is 11.7. The van der Waals surface area contributed by atoms with Crippen molar-refractivity contribution in [2.24, 2.45) is 0 Å². The highest BCUT2D eigenvalue weighted by Crippen LogP contribution is 2.20. The molecule has 1 N–H and O–H groups in total. The number of anilines is 3. The summed E-state index contributed by atoms with van der Waals surface area (Å²) in [5.41, 5.74) is 0.854. The summed E-state index contributed by atoms with van der Waals surface area (Å²) in [6.07, 6.45) is 3.44. The van der Waals surface area contributed by atoms with Crippen LogP contribution in [0, 0.1) is 0 Å². The van der Waals surface area contributed by atoms with Gasteiger partial charge < -0.3 is 24.6 Å². The van der Waals surface area contributed by atoms with Gasteiger partial charge in [0.2, 0.25) is 0 Å².